The van der Waals surface area contributed by atoms with Crippen molar-refractivity contribution in [1.29, 1.82) is 0 Å². The van der Waals surface area contributed by atoms with Gasteiger partial charge in [-0.3, -0.25) is 4.79 Å². The zero-order valence-electron chi connectivity index (χ0n) is 9.28. The van der Waals surface area contributed by atoms with Crippen LogP contribution in [-0.2, 0) is 4.79 Å². The van der Waals surface area contributed by atoms with E-state index in [1.165, 1.54) is 6.42 Å². The monoisotopic (exact) mass is 234 g/mol. The Morgan fingerprint density at radius 1 is 1.19 bits per heavy atom. The van der Waals surface area contributed by atoms with E-state index in [2.05, 4.69) is 0 Å². The Bertz CT molecular complexity index is 258. The molecule has 1 nitrogen and oxygen atoms in total. The number of carbonyl (C=O) groups excluding carboxylic acids is 1. The van der Waals surface area contributed by atoms with Gasteiger partial charge in [-0.1, -0.05) is 12.0 Å². The van der Waals surface area contributed by atoms with Crippen LogP contribution in [0, 0.1) is 0 Å². The van der Waals surface area contributed by atoms with E-state index in [4.69, 9.17) is 0 Å². The topological polar surface area (TPSA) is 17.1 Å². The standard InChI is InChI=1S/C12H17F3O/c13-12(14,15)8-4-7-11(16)9-10-5-2-1-3-6-10/h9H,1-8H2. The van der Waals surface area contributed by atoms with Crippen LogP contribution in [0.1, 0.15) is 51.4 Å². The molecule has 1 saturated carbocycles. The molecule has 0 bridgehead atoms. The summed E-state index contributed by atoms with van der Waals surface area (Å²) in [6.07, 6.45) is 1.75. The minimum atomic E-state index is -4.14. The average molecular weight is 234 g/mol. The van der Waals surface area contributed by atoms with E-state index in [1.54, 1.807) is 6.08 Å². The lowest BCUT2D eigenvalue weighted by molar-refractivity contribution is -0.136. The van der Waals surface area contributed by atoms with Crippen molar-refractivity contribution in [3.63, 3.8) is 0 Å². The highest BCUT2D eigenvalue weighted by Crippen LogP contribution is 2.24. The van der Waals surface area contributed by atoms with Crippen LogP contribution >= 0.6 is 0 Å². The van der Waals surface area contributed by atoms with Crippen molar-refractivity contribution in [3.05, 3.63) is 11.6 Å². The van der Waals surface area contributed by atoms with Crippen LogP contribution in [0.3, 0.4) is 0 Å². The van der Waals surface area contributed by atoms with Crippen LogP contribution in [0.25, 0.3) is 0 Å². The molecular weight excluding hydrogens is 217 g/mol. The maximum Gasteiger partial charge on any atom is 0.389 e. The maximum absolute atomic E-state index is 11.8. The van der Waals surface area contributed by atoms with Crippen molar-refractivity contribution in [1.82, 2.24) is 0 Å². The minimum Gasteiger partial charge on any atom is -0.295 e. The fourth-order valence-electron chi connectivity index (χ4n) is 1.91. The third kappa shape index (κ3) is 5.93. The Balaban J connectivity index is 2.24. The average Bonchev–Trinajstić information content (AvgIpc) is 2.17. The van der Waals surface area contributed by atoms with E-state index in [0.29, 0.717) is 0 Å². The molecule has 0 aliphatic heterocycles. The van der Waals surface area contributed by atoms with Gasteiger partial charge < -0.3 is 0 Å². The third-order valence-corrected chi connectivity index (χ3v) is 2.74. The number of halogens is 3. The van der Waals surface area contributed by atoms with Gasteiger partial charge in [-0.25, -0.2) is 0 Å². The minimum absolute atomic E-state index is 0.0169. The first kappa shape index (κ1) is 13.3. The summed E-state index contributed by atoms with van der Waals surface area (Å²) in [6.45, 7) is 0. The summed E-state index contributed by atoms with van der Waals surface area (Å²) in [6, 6.07) is 0. The van der Waals surface area contributed by atoms with Crippen molar-refractivity contribution < 1.29 is 18.0 Å². The lowest BCUT2D eigenvalue weighted by atomic mass is 9.93. The van der Waals surface area contributed by atoms with Gasteiger partial charge in [-0.05, 0) is 38.2 Å². The van der Waals surface area contributed by atoms with Gasteiger partial charge in [0.2, 0.25) is 0 Å². The van der Waals surface area contributed by atoms with Gasteiger partial charge in [0.05, 0.1) is 0 Å². The van der Waals surface area contributed by atoms with Crippen molar-refractivity contribution in [3.8, 4) is 0 Å². The zero-order valence-corrected chi connectivity index (χ0v) is 9.28. The largest absolute Gasteiger partial charge is 0.389 e. The summed E-state index contributed by atoms with van der Waals surface area (Å²) in [5.41, 5.74) is 1.11. The van der Waals surface area contributed by atoms with E-state index >= 15 is 0 Å². The Morgan fingerprint density at radius 2 is 1.81 bits per heavy atom. The maximum atomic E-state index is 11.8. The molecule has 0 amide bonds. The summed E-state index contributed by atoms with van der Waals surface area (Å²) in [4.78, 5) is 11.4. The second-order valence-electron chi connectivity index (χ2n) is 4.30. The molecule has 0 spiro atoms. The molecule has 1 fully saturated rings. The fourth-order valence-corrected chi connectivity index (χ4v) is 1.91. The van der Waals surface area contributed by atoms with Gasteiger partial charge in [-0.15, -0.1) is 0 Å². The van der Waals surface area contributed by atoms with Gasteiger partial charge in [0.25, 0.3) is 0 Å². The molecule has 0 aromatic heterocycles. The summed E-state index contributed by atoms with van der Waals surface area (Å²) in [7, 11) is 0. The Hall–Kier alpha value is -0.800. The van der Waals surface area contributed by atoms with Crippen LogP contribution in [0.4, 0.5) is 13.2 Å². The van der Waals surface area contributed by atoms with Crippen molar-refractivity contribution in [2.45, 2.75) is 57.5 Å². The second kappa shape index (κ2) is 6.06. The number of carbonyl (C=O) groups is 1. The molecule has 1 rings (SSSR count). The number of alkyl halides is 3. The van der Waals surface area contributed by atoms with Crippen LogP contribution in [0.2, 0.25) is 0 Å². The zero-order chi connectivity index (χ0) is 12.0. The molecule has 1 aliphatic carbocycles. The number of ketones is 1. The quantitative estimate of drug-likeness (QED) is 0.667. The molecule has 0 saturated heterocycles. The van der Waals surface area contributed by atoms with E-state index in [0.717, 1.165) is 31.3 Å². The molecule has 0 unspecified atom stereocenters. The Morgan fingerprint density at radius 3 is 2.38 bits per heavy atom. The van der Waals surface area contributed by atoms with Gasteiger partial charge >= 0.3 is 6.18 Å². The van der Waals surface area contributed by atoms with E-state index in [9.17, 15) is 18.0 Å². The van der Waals surface area contributed by atoms with Crippen LogP contribution in [0.5, 0.6) is 0 Å². The van der Waals surface area contributed by atoms with Crippen LogP contribution in [0.15, 0.2) is 11.6 Å². The molecule has 0 atom stereocenters. The number of hydrogen-bond donors (Lipinski definition) is 0. The normalized spacial score (nSPS) is 17.3. The molecule has 92 valence electrons. The highest BCUT2D eigenvalue weighted by Gasteiger charge is 2.26. The predicted octanol–water partition coefficient (Wildman–Crippen LogP) is 4.18. The number of hydrogen-bond acceptors (Lipinski definition) is 1. The molecule has 0 aromatic carbocycles. The first-order chi connectivity index (χ1) is 7.47. The number of allylic oxidation sites excluding steroid dienone is 2. The fraction of sp³-hybridized carbons (Fsp3) is 0.750. The lowest BCUT2D eigenvalue weighted by Crippen LogP contribution is -2.08. The van der Waals surface area contributed by atoms with E-state index in [-0.39, 0.29) is 18.6 Å². The SMILES string of the molecule is O=C(C=C1CCCCC1)CCCC(F)(F)F. The number of rotatable bonds is 4. The molecule has 1 aliphatic rings. The Labute approximate surface area is 93.7 Å². The molecule has 0 aromatic rings. The molecule has 0 radical (unpaired) electrons. The lowest BCUT2D eigenvalue weighted by Gasteiger charge is -2.12. The molecule has 4 heteroatoms. The first-order valence-corrected chi connectivity index (χ1v) is 5.76. The molecule has 16 heavy (non-hydrogen) atoms. The predicted molar refractivity (Wildman–Crippen MR) is 56.1 cm³/mol. The summed E-state index contributed by atoms with van der Waals surface area (Å²) >= 11 is 0. The highest BCUT2D eigenvalue weighted by molar-refractivity contribution is 5.90. The Kier molecular flexibility index (Phi) is 5.03. The van der Waals surface area contributed by atoms with Gasteiger partial charge in [0, 0.05) is 12.8 Å². The third-order valence-electron chi connectivity index (χ3n) is 2.74. The van der Waals surface area contributed by atoms with Crippen LogP contribution in [-0.4, -0.2) is 12.0 Å². The summed E-state index contributed by atoms with van der Waals surface area (Å²) in [5.74, 6) is -0.152. The smallest absolute Gasteiger partial charge is 0.295 e. The summed E-state index contributed by atoms with van der Waals surface area (Å²) < 4.78 is 35.5. The van der Waals surface area contributed by atoms with Gasteiger partial charge in [0.15, 0.2) is 5.78 Å². The highest BCUT2D eigenvalue weighted by atomic mass is 19.4. The summed E-state index contributed by atoms with van der Waals surface area (Å²) in [5, 5.41) is 0. The van der Waals surface area contributed by atoms with Crippen molar-refractivity contribution in [2.75, 3.05) is 0 Å². The molecule has 0 heterocycles. The molecule has 0 N–H and O–H groups in total. The van der Waals surface area contributed by atoms with E-state index in [1.807, 2.05) is 0 Å². The second-order valence-corrected chi connectivity index (χ2v) is 4.30. The molecular formula is C12H17F3O. The van der Waals surface area contributed by atoms with Gasteiger partial charge in [-0.2, -0.15) is 13.2 Å². The van der Waals surface area contributed by atoms with Gasteiger partial charge in [0.1, 0.15) is 0 Å². The van der Waals surface area contributed by atoms with E-state index < -0.39 is 12.6 Å². The van der Waals surface area contributed by atoms with Crippen molar-refractivity contribution >= 4 is 5.78 Å². The van der Waals surface area contributed by atoms with Crippen molar-refractivity contribution in [2.24, 2.45) is 0 Å². The first-order valence-electron chi connectivity index (χ1n) is 5.76. The van der Waals surface area contributed by atoms with Crippen LogP contribution < -0.4 is 0 Å².